The third-order valence-corrected chi connectivity index (χ3v) is 2.42. The zero-order valence-corrected chi connectivity index (χ0v) is 9.27. The number of nitrogen functional groups attached to an aromatic ring is 1. The number of furan rings is 1. The first-order chi connectivity index (χ1) is 8.13. The SMILES string of the molecule is CCCc1c(N)n[nH]c1-c1ccc([N+](=O)[O-])o1. The monoisotopic (exact) mass is 236 g/mol. The Kier molecular flexibility index (Phi) is 2.82. The van der Waals surface area contributed by atoms with Gasteiger partial charge in [-0.05, 0) is 12.5 Å². The third-order valence-electron chi connectivity index (χ3n) is 2.42. The van der Waals surface area contributed by atoms with Crippen LogP contribution in [0, 0.1) is 10.1 Å². The number of aromatic amines is 1. The molecule has 0 aromatic carbocycles. The molecule has 0 bridgehead atoms. The summed E-state index contributed by atoms with van der Waals surface area (Å²) in [6, 6.07) is 2.84. The Morgan fingerprint density at radius 2 is 2.35 bits per heavy atom. The highest BCUT2D eigenvalue weighted by Crippen LogP contribution is 2.30. The van der Waals surface area contributed by atoms with Gasteiger partial charge in [0.05, 0.1) is 6.07 Å². The molecule has 0 fully saturated rings. The first-order valence-corrected chi connectivity index (χ1v) is 5.20. The van der Waals surface area contributed by atoms with Crippen LogP contribution < -0.4 is 5.73 Å². The Morgan fingerprint density at radius 1 is 1.59 bits per heavy atom. The summed E-state index contributed by atoms with van der Waals surface area (Å²) in [6.07, 6.45) is 1.64. The van der Waals surface area contributed by atoms with Gasteiger partial charge in [0, 0.05) is 5.56 Å². The molecule has 7 nitrogen and oxygen atoms in total. The summed E-state index contributed by atoms with van der Waals surface area (Å²) in [5.74, 6) is 0.487. The minimum Gasteiger partial charge on any atom is -0.399 e. The molecule has 2 aromatic rings. The largest absolute Gasteiger partial charge is 0.433 e. The summed E-state index contributed by atoms with van der Waals surface area (Å²) < 4.78 is 5.11. The standard InChI is InChI=1S/C10H12N4O3/c1-2-3-6-9(12-13-10(6)11)7-4-5-8(17-7)14(15)16/h4-5H,2-3H2,1H3,(H3,11,12,13). The number of rotatable bonds is 4. The molecule has 0 saturated heterocycles. The van der Waals surface area contributed by atoms with E-state index in [4.69, 9.17) is 10.2 Å². The van der Waals surface area contributed by atoms with Crippen molar-refractivity contribution in [2.45, 2.75) is 19.8 Å². The van der Waals surface area contributed by atoms with Gasteiger partial charge in [-0.1, -0.05) is 13.3 Å². The third kappa shape index (κ3) is 1.99. The second-order valence-corrected chi connectivity index (χ2v) is 3.61. The minimum absolute atomic E-state index is 0.296. The lowest BCUT2D eigenvalue weighted by Crippen LogP contribution is -1.92. The predicted molar refractivity (Wildman–Crippen MR) is 61.4 cm³/mol. The van der Waals surface area contributed by atoms with Crippen LogP contribution >= 0.6 is 0 Å². The fourth-order valence-electron chi connectivity index (χ4n) is 1.65. The first-order valence-electron chi connectivity index (χ1n) is 5.20. The van der Waals surface area contributed by atoms with Crippen molar-refractivity contribution in [1.82, 2.24) is 10.2 Å². The van der Waals surface area contributed by atoms with Crippen LogP contribution in [0.25, 0.3) is 11.5 Å². The Bertz CT molecular complexity index is 543. The number of anilines is 1. The topological polar surface area (TPSA) is 111 Å². The number of nitrogens with one attached hydrogen (secondary N) is 1. The molecular formula is C10H12N4O3. The van der Waals surface area contributed by atoms with E-state index >= 15 is 0 Å². The highest BCUT2D eigenvalue weighted by Gasteiger charge is 2.18. The van der Waals surface area contributed by atoms with Gasteiger partial charge in [0.15, 0.2) is 5.76 Å². The summed E-state index contributed by atoms with van der Waals surface area (Å²) in [5, 5.41) is 17.1. The number of H-pyrrole nitrogens is 1. The van der Waals surface area contributed by atoms with E-state index in [1.165, 1.54) is 12.1 Å². The van der Waals surface area contributed by atoms with Gasteiger partial charge >= 0.3 is 5.88 Å². The smallest absolute Gasteiger partial charge is 0.399 e. The van der Waals surface area contributed by atoms with Crippen molar-refractivity contribution in [3.8, 4) is 11.5 Å². The van der Waals surface area contributed by atoms with E-state index in [0.29, 0.717) is 17.3 Å². The molecule has 0 amide bonds. The van der Waals surface area contributed by atoms with Crippen LogP contribution in [0.2, 0.25) is 0 Å². The van der Waals surface area contributed by atoms with Crippen molar-refractivity contribution in [2.75, 3.05) is 5.73 Å². The maximum atomic E-state index is 10.5. The molecule has 0 aliphatic heterocycles. The van der Waals surface area contributed by atoms with E-state index < -0.39 is 4.92 Å². The zero-order chi connectivity index (χ0) is 12.4. The van der Waals surface area contributed by atoms with Crippen LogP contribution in [-0.4, -0.2) is 15.1 Å². The van der Waals surface area contributed by atoms with Gasteiger partial charge in [-0.15, -0.1) is 0 Å². The second kappa shape index (κ2) is 4.28. The van der Waals surface area contributed by atoms with E-state index in [-0.39, 0.29) is 5.88 Å². The molecule has 0 atom stereocenters. The molecular weight excluding hydrogens is 224 g/mol. The molecule has 0 aliphatic rings. The van der Waals surface area contributed by atoms with Crippen LogP contribution in [0.4, 0.5) is 11.7 Å². The van der Waals surface area contributed by atoms with E-state index in [9.17, 15) is 10.1 Å². The van der Waals surface area contributed by atoms with Gasteiger partial charge in [-0.25, -0.2) is 0 Å². The molecule has 7 heteroatoms. The van der Waals surface area contributed by atoms with Crippen LogP contribution in [0.15, 0.2) is 16.5 Å². The molecule has 0 saturated carbocycles. The summed E-state index contributed by atoms with van der Waals surface area (Å²) in [4.78, 5) is 9.94. The molecule has 3 N–H and O–H groups in total. The molecule has 17 heavy (non-hydrogen) atoms. The number of nitrogens with two attached hydrogens (primary N) is 1. The van der Waals surface area contributed by atoms with E-state index in [1.54, 1.807) is 0 Å². The molecule has 90 valence electrons. The summed E-state index contributed by atoms with van der Waals surface area (Å²) in [7, 11) is 0. The van der Waals surface area contributed by atoms with E-state index in [2.05, 4.69) is 10.2 Å². The number of hydrogen-bond acceptors (Lipinski definition) is 5. The van der Waals surface area contributed by atoms with Gasteiger partial charge in [0.2, 0.25) is 0 Å². The molecule has 0 unspecified atom stereocenters. The Labute approximate surface area is 96.8 Å². The second-order valence-electron chi connectivity index (χ2n) is 3.61. The fourth-order valence-corrected chi connectivity index (χ4v) is 1.65. The highest BCUT2D eigenvalue weighted by atomic mass is 16.6. The first kappa shape index (κ1) is 11.2. The maximum absolute atomic E-state index is 10.5. The zero-order valence-electron chi connectivity index (χ0n) is 9.27. The van der Waals surface area contributed by atoms with Crippen LogP contribution in [0.5, 0.6) is 0 Å². The Hall–Kier alpha value is -2.31. The number of hydrogen-bond donors (Lipinski definition) is 2. The average Bonchev–Trinajstić information content (AvgIpc) is 2.87. The van der Waals surface area contributed by atoms with Crippen LogP contribution in [0.3, 0.4) is 0 Å². The van der Waals surface area contributed by atoms with Crippen molar-refractivity contribution < 1.29 is 9.34 Å². The molecule has 0 radical (unpaired) electrons. The normalized spacial score (nSPS) is 10.6. The fraction of sp³-hybridized carbons (Fsp3) is 0.300. The molecule has 2 heterocycles. The van der Waals surface area contributed by atoms with Crippen molar-refractivity contribution in [3.05, 3.63) is 27.8 Å². The van der Waals surface area contributed by atoms with E-state index in [1.807, 2.05) is 6.92 Å². The summed E-state index contributed by atoms with van der Waals surface area (Å²) in [6.45, 7) is 2.01. The molecule has 2 aromatic heterocycles. The molecule has 2 rings (SSSR count). The molecule has 0 aliphatic carbocycles. The van der Waals surface area contributed by atoms with Gasteiger partial charge in [-0.3, -0.25) is 15.2 Å². The quantitative estimate of drug-likeness (QED) is 0.623. The van der Waals surface area contributed by atoms with Gasteiger partial charge in [0.25, 0.3) is 0 Å². The van der Waals surface area contributed by atoms with Crippen LogP contribution in [-0.2, 0) is 6.42 Å². The number of nitrogens with zero attached hydrogens (tertiary/aromatic N) is 2. The number of aromatic nitrogens is 2. The minimum atomic E-state index is -0.581. The Morgan fingerprint density at radius 3 is 2.94 bits per heavy atom. The van der Waals surface area contributed by atoms with Gasteiger partial charge in [0.1, 0.15) is 16.4 Å². The van der Waals surface area contributed by atoms with Crippen molar-refractivity contribution >= 4 is 11.7 Å². The van der Waals surface area contributed by atoms with Crippen molar-refractivity contribution in [3.63, 3.8) is 0 Å². The average molecular weight is 236 g/mol. The lowest BCUT2D eigenvalue weighted by molar-refractivity contribution is -0.401. The van der Waals surface area contributed by atoms with Crippen molar-refractivity contribution in [2.24, 2.45) is 0 Å². The maximum Gasteiger partial charge on any atom is 0.433 e. The molecule has 0 spiro atoms. The van der Waals surface area contributed by atoms with Crippen LogP contribution in [0.1, 0.15) is 18.9 Å². The highest BCUT2D eigenvalue weighted by molar-refractivity contribution is 5.64. The van der Waals surface area contributed by atoms with Gasteiger partial charge < -0.3 is 10.2 Å². The lowest BCUT2D eigenvalue weighted by Gasteiger charge is -1.98. The number of nitro groups is 1. The summed E-state index contributed by atoms with van der Waals surface area (Å²) >= 11 is 0. The van der Waals surface area contributed by atoms with Crippen molar-refractivity contribution in [1.29, 1.82) is 0 Å². The predicted octanol–water partition coefficient (Wildman–Crippen LogP) is 2.11. The van der Waals surface area contributed by atoms with E-state index in [0.717, 1.165) is 18.4 Å². The Balaban J connectivity index is 2.41. The lowest BCUT2D eigenvalue weighted by atomic mass is 10.1. The summed E-state index contributed by atoms with van der Waals surface area (Å²) in [5.41, 5.74) is 7.15. The van der Waals surface area contributed by atoms with Gasteiger partial charge in [-0.2, -0.15) is 5.10 Å².